The fourth-order valence-electron chi connectivity index (χ4n) is 8.08. The zero-order valence-corrected chi connectivity index (χ0v) is 32.2. The van der Waals surface area contributed by atoms with Gasteiger partial charge in [-0.2, -0.15) is 0 Å². The van der Waals surface area contributed by atoms with Gasteiger partial charge >= 0.3 is 6.09 Å². The Labute approximate surface area is 316 Å². The van der Waals surface area contributed by atoms with Crippen LogP contribution in [-0.2, 0) is 22.4 Å². The van der Waals surface area contributed by atoms with Gasteiger partial charge < -0.3 is 33.6 Å². The predicted octanol–water partition coefficient (Wildman–Crippen LogP) is 5.72. The third-order valence-corrected chi connectivity index (χ3v) is 10.6. The molecule has 290 valence electrons. The molecule has 3 aliphatic heterocycles. The van der Waals surface area contributed by atoms with E-state index in [1.165, 1.54) is 24.5 Å². The molecule has 13 nitrogen and oxygen atoms in total. The number of carbonyl (C=O) groups excluding carboxylic acids is 2. The molecular formula is C40H52FN7O6. The van der Waals surface area contributed by atoms with Gasteiger partial charge in [0.2, 0.25) is 0 Å². The van der Waals surface area contributed by atoms with E-state index in [2.05, 4.69) is 24.8 Å². The number of aromatic nitrogens is 3. The Kier molecular flexibility index (Phi) is 10.7. The SMILES string of the molecule is CCN(C(=O)c1cc(F)ccc1Oc1cncnc1N1CC2(CC(Oc3ccnc4c3CN(C[C@@H]3CN(C(=O)OC(C)(C)C)CCO3)CC4)C2)C1)C(C)C. The van der Waals surface area contributed by atoms with E-state index in [9.17, 15) is 14.0 Å². The van der Waals surface area contributed by atoms with Gasteiger partial charge in [0, 0.05) is 81.1 Å². The number of hydrogen-bond donors (Lipinski definition) is 0. The molecule has 5 heterocycles. The molecule has 1 saturated carbocycles. The molecule has 4 aliphatic rings. The van der Waals surface area contributed by atoms with Crippen molar-refractivity contribution in [1.29, 1.82) is 0 Å². The van der Waals surface area contributed by atoms with E-state index in [1.807, 2.05) is 53.8 Å². The first-order valence-electron chi connectivity index (χ1n) is 19.1. The van der Waals surface area contributed by atoms with E-state index in [1.54, 1.807) is 16.0 Å². The normalized spacial score (nSPS) is 19.9. The summed E-state index contributed by atoms with van der Waals surface area (Å²) in [6, 6.07) is 5.92. The molecular weight excluding hydrogens is 693 g/mol. The number of carbonyl (C=O) groups is 2. The number of pyridine rings is 1. The molecule has 2 amide bonds. The van der Waals surface area contributed by atoms with Crippen LogP contribution in [0.25, 0.3) is 0 Å². The highest BCUT2D eigenvalue weighted by molar-refractivity contribution is 5.97. The molecule has 1 aliphatic carbocycles. The van der Waals surface area contributed by atoms with Gasteiger partial charge in [0.25, 0.3) is 5.91 Å². The van der Waals surface area contributed by atoms with Crippen molar-refractivity contribution in [3.63, 3.8) is 0 Å². The molecule has 14 heteroatoms. The number of morpholine rings is 1. The second kappa shape index (κ2) is 15.3. The zero-order valence-electron chi connectivity index (χ0n) is 32.2. The lowest BCUT2D eigenvalue weighted by Crippen LogP contribution is -2.65. The minimum Gasteiger partial charge on any atom is -0.490 e. The second-order valence-corrected chi connectivity index (χ2v) is 16.3. The number of ether oxygens (including phenoxy) is 4. The van der Waals surface area contributed by atoms with Crippen LogP contribution in [0.15, 0.2) is 43.0 Å². The topological polar surface area (TPSA) is 123 Å². The largest absolute Gasteiger partial charge is 0.490 e. The fourth-order valence-corrected chi connectivity index (χ4v) is 8.08. The van der Waals surface area contributed by atoms with Crippen LogP contribution in [0.3, 0.4) is 0 Å². The first-order valence-corrected chi connectivity index (χ1v) is 19.1. The lowest BCUT2D eigenvalue weighted by Gasteiger charge is -2.59. The molecule has 1 aromatic carbocycles. The first-order chi connectivity index (χ1) is 25.8. The molecule has 3 fully saturated rings. The van der Waals surface area contributed by atoms with Gasteiger partial charge in [-0.05, 0) is 78.6 Å². The molecule has 7 rings (SSSR count). The molecule has 3 aromatic rings. The Morgan fingerprint density at radius 2 is 1.89 bits per heavy atom. The van der Waals surface area contributed by atoms with Gasteiger partial charge in [-0.1, -0.05) is 0 Å². The number of anilines is 1. The van der Waals surface area contributed by atoms with E-state index >= 15 is 0 Å². The maximum Gasteiger partial charge on any atom is 0.410 e. The summed E-state index contributed by atoms with van der Waals surface area (Å²) in [5, 5.41) is 0. The number of hydrogen-bond acceptors (Lipinski definition) is 11. The monoisotopic (exact) mass is 745 g/mol. The second-order valence-electron chi connectivity index (χ2n) is 16.3. The number of halogens is 1. The Balaban J connectivity index is 0.945. The minimum atomic E-state index is -0.539. The highest BCUT2D eigenvalue weighted by Crippen LogP contribution is 2.52. The number of nitrogens with zero attached hydrogens (tertiary/aromatic N) is 7. The maximum absolute atomic E-state index is 14.4. The average Bonchev–Trinajstić information content (AvgIpc) is 3.09. The van der Waals surface area contributed by atoms with Crippen LogP contribution < -0.4 is 14.4 Å². The fraction of sp³-hybridized carbons (Fsp3) is 0.575. The van der Waals surface area contributed by atoms with Crippen molar-refractivity contribution in [3.8, 4) is 17.2 Å². The summed E-state index contributed by atoms with van der Waals surface area (Å²) >= 11 is 0. The maximum atomic E-state index is 14.4. The van der Waals surface area contributed by atoms with Crippen LogP contribution in [0.2, 0.25) is 0 Å². The Morgan fingerprint density at radius 1 is 1.09 bits per heavy atom. The summed E-state index contributed by atoms with van der Waals surface area (Å²) in [6.07, 6.45) is 7.27. The third-order valence-electron chi connectivity index (χ3n) is 10.6. The molecule has 1 spiro atoms. The molecule has 0 bridgehead atoms. The summed E-state index contributed by atoms with van der Waals surface area (Å²) in [5.74, 6) is 1.40. The van der Waals surface area contributed by atoms with Gasteiger partial charge in [-0.25, -0.2) is 19.2 Å². The smallest absolute Gasteiger partial charge is 0.410 e. The Hall–Kier alpha value is -4.56. The number of benzene rings is 1. The van der Waals surface area contributed by atoms with Crippen molar-refractivity contribution in [3.05, 3.63) is 65.6 Å². The molecule has 2 saturated heterocycles. The highest BCUT2D eigenvalue weighted by Gasteiger charge is 2.54. The minimum absolute atomic E-state index is 0.0534. The van der Waals surface area contributed by atoms with Gasteiger partial charge in [0.15, 0.2) is 11.6 Å². The standard InChI is InChI=1S/C40H52FN7O6/c1-7-48(26(2)3)37(49)30-16-27(41)8-9-33(30)53-35-19-42-25-44-36(35)47-23-40(24-47)17-28(18-40)52-34-10-12-43-32-11-13-45(22-31(32)34)20-29-21-46(14-15-51-29)38(50)54-39(4,5)6/h8-10,12,16,19,25-26,28-29H,7,11,13-15,17-18,20-24H2,1-6H3/t29-/m1/s1. The average molecular weight is 746 g/mol. The number of rotatable bonds is 10. The number of amides is 2. The summed E-state index contributed by atoms with van der Waals surface area (Å²) in [6.45, 7) is 17.3. The highest BCUT2D eigenvalue weighted by atomic mass is 19.1. The van der Waals surface area contributed by atoms with Crippen LogP contribution in [0, 0.1) is 11.2 Å². The van der Waals surface area contributed by atoms with E-state index in [0.717, 1.165) is 55.9 Å². The van der Waals surface area contributed by atoms with Crippen LogP contribution in [-0.4, -0.2) is 118 Å². The summed E-state index contributed by atoms with van der Waals surface area (Å²) < 4.78 is 38.9. The lowest BCUT2D eigenvalue weighted by atomic mass is 9.61. The van der Waals surface area contributed by atoms with E-state index in [4.69, 9.17) is 18.9 Å². The Bertz CT molecular complexity index is 1840. The molecule has 0 N–H and O–H groups in total. The summed E-state index contributed by atoms with van der Waals surface area (Å²) in [4.78, 5) is 47.5. The van der Waals surface area contributed by atoms with Crippen molar-refractivity contribution in [2.24, 2.45) is 5.41 Å². The van der Waals surface area contributed by atoms with Crippen LogP contribution in [0.5, 0.6) is 17.2 Å². The van der Waals surface area contributed by atoms with Crippen molar-refractivity contribution in [1.82, 2.24) is 29.7 Å². The van der Waals surface area contributed by atoms with E-state index < -0.39 is 11.4 Å². The quantitative estimate of drug-likeness (QED) is 0.254. The van der Waals surface area contributed by atoms with Crippen LogP contribution in [0.1, 0.15) is 76.0 Å². The van der Waals surface area contributed by atoms with Gasteiger partial charge in [-0.3, -0.25) is 14.7 Å². The van der Waals surface area contributed by atoms with E-state index in [0.29, 0.717) is 50.9 Å². The molecule has 2 aromatic heterocycles. The van der Waals surface area contributed by atoms with Crippen molar-refractivity contribution < 1.29 is 32.9 Å². The first kappa shape index (κ1) is 37.7. The van der Waals surface area contributed by atoms with Gasteiger partial charge in [0.05, 0.1) is 31.0 Å². The van der Waals surface area contributed by atoms with Crippen molar-refractivity contribution in [2.45, 2.75) is 91.2 Å². The zero-order chi connectivity index (χ0) is 38.2. The molecule has 54 heavy (non-hydrogen) atoms. The summed E-state index contributed by atoms with van der Waals surface area (Å²) in [5.41, 5.74) is 1.93. The van der Waals surface area contributed by atoms with Gasteiger partial charge in [-0.15, -0.1) is 0 Å². The molecule has 1 atom stereocenters. The van der Waals surface area contributed by atoms with Crippen molar-refractivity contribution >= 4 is 17.8 Å². The molecule has 0 radical (unpaired) electrons. The Morgan fingerprint density at radius 3 is 2.63 bits per heavy atom. The summed E-state index contributed by atoms with van der Waals surface area (Å²) in [7, 11) is 0. The predicted molar refractivity (Wildman–Crippen MR) is 199 cm³/mol. The third kappa shape index (κ3) is 8.24. The van der Waals surface area contributed by atoms with E-state index in [-0.39, 0.29) is 47.0 Å². The number of fused-ring (bicyclic) bond motifs is 1. The van der Waals surface area contributed by atoms with Crippen LogP contribution >= 0.6 is 0 Å². The van der Waals surface area contributed by atoms with Crippen LogP contribution in [0.4, 0.5) is 15.0 Å². The van der Waals surface area contributed by atoms with Gasteiger partial charge in [0.1, 0.15) is 35.3 Å². The molecule has 0 unspecified atom stereocenters. The van der Waals surface area contributed by atoms with Crippen molar-refractivity contribution in [2.75, 3.05) is 57.3 Å². The lowest BCUT2D eigenvalue weighted by molar-refractivity contribution is -0.0540.